The Bertz CT molecular complexity index is 265. The first-order chi connectivity index (χ1) is 8.42. The van der Waals surface area contributed by atoms with Crippen LogP contribution in [-0.4, -0.2) is 54.2 Å². The lowest BCUT2D eigenvalue weighted by Crippen LogP contribution is -2.49. The zero-order valence-corrected chi connectivity index (χ0v) is 11.7. The third-order valence-corrected chi connectivity index (χ3v) is 2.83. The zero-order valence-electron chi connectivity index (χ0n) is 11.7. The van der Waals surface area contributed by atoms with E-state index in [1.807, 2.05) is 0 Å². The highest BCUT2D eigenvalue weighted by Gasteiger charge is 2.23. The minimum absolute atomic E-state index is 0.143. The van der Waals surface area contributed by atoms with Gasteiger partial charge in [0.1, 0.15) is 6.04 Å². The van der Waals surface area contributed by atoms with Crippen LogP contribution in [0, 0.1) is 5.92 Å². The molecule has 0 aromatic rings. The Morgan fingerprint density at radius 3 is 2.17 bits per heavy atom. The van der Waals surface area contributed by atoms with E-state index in [9.17, 15) is 9.59 Å². The van der Waals surface area contributed by atoms with Crippen LogP contribution in [0.1, 0.15) is 27.7 Å². The second kappa shape index (κ2) is 8.74. The highest BCUT2D eigenvalue weighted by molar-refractivity contribution is 5.82. The van der Waals surface area contributed by atoms with E-state index in [1.54, 1.807) is 13.8 Å². The van der Waals surface area contributed by atoms with Crippen LogP contribution in [0.5, 0.6) is 0 Å². The van der Waals surface area contributed by atoms with E-state index in [4.69, 9.17) is 5.11 Å². The molecule has 0 heterocycles. The van der Waals surface area contributed by atoms with Crippen molar-refractivity contribution in [1.29, 1.82) is 0 Å². The average molecular weight is 259 g/mol. The van der Waals surface area contributed by atoms with Crippen molar-refractivity contribution in [2.75, 3.05) is 26.2 Å². The number of aliphatic carboxylic acids is 1. The molecule has 0 aliphatic carbocycles. The number of hydrogen-bond acceptors (Lipinski definition) is 3. The fourth-order valence-electron chi connectivity index (χ4n) is 1.57. The molecule has 18 heavy (non-hydrogen) atoms. The van der Waals surface area contributed by atoms with Crippen LogP contribution in [0.4, 0.5) is 4.79 Å². The molecular weight excluding hydrogens is 234 g/mol. The number of carbonyl (C=O) groups excluding carboxylic acids is 1. The highest BCUT2D eigenvalue weighted by atomic mass is 16.4. The number of carboxylic acids is 1. The summed E-state index contributed by atoms with van der Waals surface area (Å²) in [7, 11) is 0. The first-order valence-corrected chi connectivity index (χ1v) is 6.41. The van der Waals surface area contributed by atoms with E-state index in [-0.39, 0.29) is 5.92 Å². The molecule has 0 aliphatic rings. The first-order valence-electron chi connectivity index (χ1n) is 6.41. The molecule has 0 spiro atoms. The Labute approximate surface area is 109 Å². The van der Waals surface area contributed by atoms with Crippen LogP contribution in [-0.2, 0) is 4.79 Å². The molecule has 0 radical (unpaired) electrons. The molecule has 0 bridgehead atoms. The van der Waals surface area contributed by atoms with Crippen molar-refractivity contribution in [3.63, 3.8) is 0 Å². The third-order valence-electron chi connectivity index (χ3n) is 2.83. The van der Waals surface area contributed by atoms with Crippen molar-refractivity contribution in [3.05, 3.63) is 0 Å². The van der Waals surface area contributed by atoms with Gasteiger partial charge < -0.3 is 20.6 Å². The van der Waals surface area contributed by atoms with Crippen LogP contribution >= 0.6 is 0 Å². The van der Waals surface area contributed by atoms with Crippen LogP contribution in [0.15, 0.2) is 0 Å². The SMILES string of the molecule is CCN(CC)CCNC(=O)N[C@H](C(=O)O)C(C)C. The highest BCUT2D eigenvalue weighted by Crippen LogP contribution is 2.01. The smallest absolute Gasteiger partial charge is 0.326 e. The maximum absolute atomic E-state index is 11.5. The minimum Gasteiger partial charge on any atom is -0.480 e. The molecule has 6 nitrogen and oxygen atoms in total. The van der Waals surface area contributed by atoms with Crippen molar-refractivity contribution >= 4 is 12.0 Å². The molecule has 0 fully saturated rings. The summed E-state index contributed by atoms with van der Waals surface area (Å²) in [5.41, 5.74) is 0. The molecule has 0 rings (SSSR count). The predicted octanol–water partition coefficient (Wildman–Crippen LogP) is 0.737. The van der Waals surface area contributed by atoms with Crippen molar-refractivity contribution in [3.8, 4) is 0 Å². The van der Waals surface area contributed by atoms with Crippen LogP contribution in [0.3, 0.4) is 0 Å². The summed E-state index contributed by atoms with van der Waals surface area (Å²) >= 11 is 0. The number of hydrogen-bond donors (Lipinski definition) is 3. The number of likely N-dealkylation sites (N-methyl/N-ethyl adjacent to an activating group) is 1. The molecule has 6 heteroatoms. The van der Waals surface area contributed by atoms with Gasteiger partial charge in [0.25, 0.3) is 0 Å². The van der Waals surface area contributed by atoms with E-state index in [1.165, 1.54) is 0 Å². The number of nitrogens with one attached hydrogen (secondary N) is 2. The van der Waals surface area contributed by atoms with E-state index in [0.29, 0.717) is 6.54 Å². The van der Waals surface area contributed by atoms with Gasteiger partial charge in [0.05, 0.1) is 0 Å². The van der Waals surface area contributed by atoms with Gasteiger partial charge in [-0.25, -0.2) is 9.59 Å². The minimum atomic E-state index is -1.01. The molecule has 0 unspecified atom stereocenters. The zero-order chi connectivity index (χ0) is 14.1. The summed E-state index contributed by atoms with van der Waals surface area (Å²) in [6, 6.07) is -1.28. The summed E-state index contributed by atoms with van der Waals surface area (Å²) in [6.07, 6.45) is 0. The monoisotopic (exact) mass is 259 g/mol. The Kier molecular flexibility index (Phi) is 8.11. The maximum atomic E-state index is 11.5. The molecular formula is C12H25N3O3. The number of carboxylic acid groups (broad SMARTS) is 1. The van der Waals surface area contributed by atoms with Gasteiger partial charge in [-0.1, -0.05) is 27.7 Å². The number of carbonyl (C=O) groups is 2. The summed E-state index contributed by atoms with van der Waals surface area (Å²) in [6.45, 7) is 10.8. The second-order valence-electron chi connectivity index (χ2n) is 4.49. The molecule has 1 atom stereocenters. The number of amides is 2. The van der Waals surface area contributed by atoms with Gasteiger partial charge in [0, 0.05) is 13.1 Å². The molecule has 3 N–H and O–H groups in total. The van der Waals surface area contributed by atoms with E-state index in [0.717, 1.165) is 19.6 Å². The Hall–Kier alpha value is -1.30. The van der Waals surface area contributed by atoms with Gasteiger partial charge in [0.2, 0.25) is 0 Å². The first kappa shape index (κ1) is 16.7. The van der Waals surface area contributed by atoms with Gasteiger partial charge in [-0.05, 0) is 19.0 Å². The summed E-state index contributed by atoms with van der Waals surface area (Å²) in [5.74, 6) is -1.15. The van der Waals surface area contributed by atoms with Crippen LogP contribution in [0.25, 0.3) is 0 Å². The maximum Gasteiger partial charge on any atom is 0.326 e. The van der Waals surface area contributed by atoms with E-state index < -0.39 is 18.0 Å². The summed E-state index contributed by atoms with van der Waals surface area (Å²) in [5, 5.41) is 14.1. The van der Waals surface area contributed by atoms with Gasteiger partial charge in [-0.15, -0.1) is 0 Å². The third kappa shape index (κ3) is 6.44. The quantitative estimate of drug-likeness (QED) is 0.600. The number of nitrogens with zero attached hydrogens (tertiary/aromatic N) is 1. The number of rotatable bonds is 8. The number of urea groups is 1. The van der Waals surface area contributed by atoms with Crippen molar-refractivity contribution in [2.45, 2.75) is 33.7 Å². The van der Waals surface area contributed by atoms with Gasteiger partial charge in [0.15, 0.2) is 0 Å². The van der Waals surface area contributed by atoms with E-state index in [2.05, 4.69) is 29.4 Å². The van der Waals surface area contributed by atoms with Gasteiger partial charge in [-0.2, -0.15) is 0 Å². The van der Waals surface area contributed by atoms with Crippen LogP contribution < -0.4 is 10.6 Å². The normalized spacial score (nSPS) is 12.6. The Morgan fingerprint density at radius 1 is 1.22 bits per heavy atom. The fraction of sp³-hybridized carbons (Fsp3) is 0.833. The van der Waals surface area contributed by atoms with Crippen LogP contribution in [0.2, 0.25) is 0 Å². The predicted molar refractivity (Wildman–Crippen MR) is 70.6 cm³/mol. The largest absolute Gasteiger partial charge is 0.480 e. The molecule has 0 saturated heterocycles. The molecule has 0 saturated carbocycles. The summed E-state index contributed by atoms with van der Waals surface area (Å²) in [4.78, 5) is 24.6. The topological polar surface area (TPSA) is 81.7 Å². The second-order valence-corrected chi connectivity index (χ2v) is 4.49. The Morgan fingerprint density at radius 2 is 1.78 bits per heavy atom. The van der Waals surface area contributed by atoms with Crippen molar-refractivity contribution in [1.82, 2.24) is 15.5 Å². The fourth-order valence-corrected chi connectivity index (χ4v) is 1.57. The van der Waals surface area contributed by atoms with Crippen molar-refractivity contribution in [2.24, 2.45) is 5.92 Å². The van der Waals surface area contributed by atoms with Gasteiger partial charge >= 0.3 is 12.0 Å². The molecule has 0 aromatic heterocycles. The lowest BCUT2D eigenvalue weighted by Gasteiger charge is -2.20. The Balaban J connectivity index is 3.99. The van der Waals surface area contributed by atoms with Gasteiger partial charge in [-0.3, -0.25) is 0 Å². The molecule has 106 valence electrons. The average Bonchev–Trinajstić information content (AvgIpc) is 2.31. The van der Waals surface area contributed by atoms with Crippen molar-refractivity contribution < 1.29 is 14.7 Å². The molecule has 2 amide bonds. The lowest BCUT2D eigenvalue weighted by molar-refractivity contribution is -0.140. The standard InChI is InChI=1S/C12H25N3O3/c1-5-15(6-2)8-7-13-12(18)14-10(9(3)4)11(16)17/h9-10H,5-8H2,1-4H3,(H,16,17)(H2,13,14,18)/t10-/m0/s1. The molecule has 0 aromatic carbocycles. The molecule has 0 aliphatic heterocycles. The summed E-state index contributed by atoms with van der Waals surface area (Å²) < 4.78 is 0. The van der Waals surface area contributed by atoms with E-state index >= 15 is 0 Å². The lowest BCUT2D eigenvalue weighted by atomic mass is 10.1.